The first-order valence-electron chi connectivity index (χ1n) is 17.8. The van der Waals surface area contributed by atoms with E-state index in [0.29, 0.717) is 5.95 Å². The van der Waals surface area contributed by atoms with E-state index in [9.17, 15) is 0 Å². The van der Waals surface area contributed by atoms with E-state index >= 15 is 0 Å². The van der Waals surface area contributed by atoms with Crippen molar-refractivity contribution in [2.75, 3.05) is 0 Å². The van der Waals surface area contributed by atoms with E-state index in [1.165, 1.54) is 70.8 Å². The Bertz CT molecular complexity index is 3410. The number of nitrogens with zero attached hydrogens (tertiary/aromatic N) is 4. The highest BCUT2D eigenvalue weighted by Gasteiger charge is 2.25. The molecule has 4 aromatic heterocycles. The van der Waals surface area contributed by atoms with Gasteiger partial charge in [0, 0.05) is 43.3 Å². The number of hydrogen-bond donors (Lipinski definition) is 0. The highest BCUT2D eigenvalue weighted by atomic mass is 15.2. The molecule has 0 fully saturated rings. The Balaban J connectivity index is 1.24. The van der Waals surface area contributed by atoms with Crippen LogP contribution in [-0.2, 0) is 0 Å². The van der Waals surface area contributed by atoms with Crippen LogP contribution in [0.2, 0.25) is 0 Å². The van der Waals surface area contributed by atoms with E-state index < -0.39 is 0 Å². The molecule has 0 atom stereocenters. The predicted molar refractivity (Wildman–Crippen MR) is 217 cm³/mol. The van der Waals surface area contributed by atoms with Crippen LogP contribution in [-0.4, -0.2) is 18.9 Å². The summed E-state index contributed by atoms with van der Waals surface area (Å²) in [6, 6.07) is 61.1. The second-order valence-electron chi connectivity index (χ2n) is 13.8. The number of rotatable bonds is 3. The molecule has 0 N–H and O–H groups in total. The number of hydrogen-bond acceptors (Lipinski definition) is 2. The monoisotopic (exact) mass is 660 g/mol. The molecule has 0 bridgehead atoms. The summed E-state index contributed by atoms with van der Waals surface area (Å²) in [5.74, 6) is 0.669. The summed E-state index contributed by atoms with van der Waals surface area (Å²) < 4.78 is 4.78. The first kappa shape index (κ1) is 27.7. The van der Waals surface area contributed by atoms with E-state index in [4.69, 9.17) is 9.97 Å². The smallest absolute Gasteiger partial charge is 0.235 e. The predicted octanol–water partition coefficient (Wildman–Crippen LogP) is 12.4. The van der Waals surface area contributed by atoms with Gasteiger partial charge in [0.2, 0.25) is 5.95 Å². The summed E-state index contributed by atoms with van der Waals surface area (Å²) >= 11 is 0. The lowest BCUT2D eigenvalue weighted by molar-refractivity contribution is 1.02. The summed E-state index contributed by atoms with van der Waals surface area (Å²) in [5.41, 5.74) is 11.2. The van der Waals surface area contributed by atoms with Crippen LogP contribution in [0.5, 0.6) is 0 Å². The van der Waals surface area contributed by atoms with Gasteiger partial charge < -0.3 is 4.40 Å². The highest BCUT2D eigenvalue weighted by molar-refractivity contribution is 6.34. The molecule has 0 saturated carbocycles. The molecule has 8 aromatic carbocycles. The molecule has 0 spiro atoms. The molecule has 0 aliphatic heterocycles. The number of aromatic nitrogens is 4. The quantitative estimate of drug-likeness (QED) is 0.189. The maximum Gasteiger partial charge on any atom is 0.235 e. The lowest BCUT2D eigenvalue weighted by Crippen LogP contribution is -2.03. The molecule has 4 nitrogen and oxygen atoms in total. The van der Waals surface area contributed by atoms with Gasteiger partial charge >= 0.3 is 0 Å². The van der Waals surface area contributed by atoms with E-state index in [0.717, 1.165) is 33.2 Å². The molecule has 240 valence electrons. The van der Waals surface area contributed by atoms with Crippen molar-refractivity contribution in [3.05, 3.63) is 170 Å². The Morgan fingerprint density at radius 1 is 0.365 bits per heavy atom. The minimum atomic E-state index is 0.669. The molecular weight excluding hydrogens is 633 g/mol. The van der Waals surface area contributed by atoms with E-state index in [1.807, 2.05) is 0 Å². The molecule has 4 heteroatoms. The van der Waals surface area contributed by atoms with Gasteiger partial charge in [0.25, 0.3) is 0 Å². The minimum absolute atomic E-state index is 0.669. The van der Waals surface area contributed by atoms with Crippen LogP contribution < -0.4 is 0 Å². The Morgan fingerprint density at radius 2 is 1.04 bits per heavy atom. The molecule has 12 aromatic rings. The molecule has 4 heterocycles. The van der Waals surface area contributed by atoms with E-state index in [2.05, 4.69) is 179 Å². The third-order valence-corrected chi connectivity index (χ3v) is 11.0. The van der Waals surface area contributed by atoms with Crippen molar-refractivity contribution in [3.8, 4) is 28.3 Å². The van der Waals surface area contributed by atoms with Crippen LogP contribution in [0.4, 0.5) is 0 Å². The van der Waals surface area contributed by atoms with Crippen molar-refractivity contribution in [3.63, 3.8) is 0 Å². The third kappa shape index (κ3) is 3.70. The van der Waals surface area contributed by atoms with Crippen molar-refractivity contribution < 1.29 is 0 Å². The van der Waals surface area contributed by atoms with Crippen molar-refractivity contribution >= 4 is 81.6 Å². The second-order valence-corrected chi connectivity index (χ2v) is 13.8. The summed E-state index contributed by atoms with van der Waals surface area (Å²) in [6.45, 7) is 0. The Morgan fingerprint density at radius 3 is 1.92 bits per heavy atom. The molecular formula is C48H28N4. The van der Waals surface area contributed by atoms with Gasteiger partial charge in [-0.1, -0.05) is 127 Å². The van der Waals surface area contributed by atoms with Crippen LogP contribution in [0.1, 0.15) is 0 Å². The largest absolute Gasteiger partial charge is 0.308 e. The minimum Gasteiger partial charge on any atom is -0.308 e. The molecule has 52 heavy (non-hydrogen) atoms. The fourth-order valence-corrected chi connectivity index (χ4v) is 8.75. The van der Waals surface area contributed by atoms with Crippen molar-refractivity contribution in [2.24, 2.45) is 0 Å². The summed E-state index contributed by atoms with van der Waals surface area (Å²) in [4.78, 5) is 10.8. The maximum absolute atomic E-state index is 5.48. The molecule has 12 rings (SSSR count). The van der Waals surface area contributed by atoms with Crippen molar-refractivity contribution in [2.45, 2.75) is 0 Å². The zero-order valence-electron chi connectivity index (χ0n) is 28.0. The van der Waals surface area contributed by atoms with E-state index in [1.54, 1.807) is 0 Å². The van der Waals surface area contributed by atoms with Gasteiger partial charge in [-0.15, -0.1) is 0 Å². The van der Waals surface area contributed by atoms with Gasteiger partial charge in [-0.25, -0.2) is 9.97 Å². The fourth-order valence-electron chi connectivity index (χ4n) is 8.75. The van der Waals surface area contributed by atoms with Gasteiger partial charge in [0.05, 0.1) is 38.8 Å². The maximum atomic E-state index is 5.48. The summed E-state index contributed by atoms with van der Waals surface area (Å²) in [6.07, 6.45) is 0. The van der Waals surface area contributed by atoms with Crippen LogP contribution in [0.3, 0.4) is 0 Å². The first-order valence-corrected chi connectivity index (χ1v) is 17.8. The highest BCUT2D eigenvalue weighted by Crippen LogP contribution is 2.47. The second kappa shape index (κ2) is 10.3. The number of benzene rings is 8. The normalized spacial score (nSPS) is 12.2. The standard InChI is InChI=1S/C48H28N4/c1-2-12-29(13-3-1)32-24-25-43-37(27-32)39-28-38-34-16-7-10-20-41(34)52(47(38)44-36-18-8-11-21-42(36)51(43)46(39)44)48-49-40-19-9-6-17-35(40)45(50-48)33-23-22-30-14-4-5-15-31(30)26-33/h1-28H. The molecule has 0 unspecified atom stereocenters. The van der Waals surface area contributed by atoms with Gasteiger partial charge in [-0.05, 0) is 64.4 Å². The molecule has 0 saturated heterocycles. The average Bonchev–Trinajstić information content (AvgIpc) is 3.85. The van der Waals surface area contributed by atoms with Crippen molar-refractivity contribution in [1.82, 2.24) is 18.9 Å². The number of fused-ring (bicyclic) bond motifs is 12. The Labute approximate surface area is 297 Å². The van der Waals surface area contributed by atoms with Crippen LogP contribution in [0.15, 0.2) is 170 Å². The molecule has 0 amide bonds. The zero-order valence-corrected chi connectivity index (χ0v) is 28.0. The van der Waals surface area contributed by atoms with E-state index in [-0.39, 0.29) is 0 Å². The lowest BCUT2D eigenvalue weighted by Gasteiger charge is -2.13. The molecule has 0 aliphatic rings. The SMILES string of the molecule is c1ccc(-c2ccc3c(c2)c2cc4c5ccccc5n(-c5nc(-c6ccc7ccccc7c6)c6ccccc6n5)c4c4c5ccccc5n3c24)cc1. The Hall–Kier alpha value is -7.04. The van der Waals surface area contributed by atoms with Crippen LogP contribution >= 0.6 is 0 Å². The van der Waals surface area contributed by atoms with Crippen LogP contribution in [0, 0.1) is 0 Å². The third-order valence-electron chi connectivity index (χ3n) is 11.0. The van der Waals surface area contributed by atoms with Gasteiger partial charge in [-0.3, -0.25) is 4.57 Å². The van der Waals surface area contributed by atoms with Crippen molar-refractivity contribution in [1.29, 1.82) is 0 Å². The van der Waals surface area contributed by atoms with Gasteiger partial charge in [0.15, 0.2) is 0 Å². The number of para-hydroxylation sites is 3. The molecule has 0 aliphatic carbocycles. The first-order chi connectivity index (χ1) is 25.8. The fraction of sp³-hybridized carbons (Fsp3) is 0. The topological polar surface area (TPSA) is 35.1 Å². The van der Waals surface area contributed by atoms with Crippen LogP contribution in [0.25, 0.3) is 110 Å². The average molecular weight is 661 g/mol. The lowest BCUT2D eigenvalue weighted by atomic mass is 10.00. The molecule has 0 radical (unpaired) electrons. The van der Waals surface area contributed by atoms with Gasteiger partial charge in [-0.2, -0.15) is 0 Å². The zero-order chi connectivity index (χ0) is 33.9. The Kier molecular flexibility index (Phi) is 5.47. The van der Waals surface area contributed by atoms with Gasteiger partial charge in [0.1, 0.15) is 0 Å². The summed E-state index contributed by atoms with van der Waals surface area (Å²) in [7, 11) is 0. The summed E-state index contributed by atoms with van der Waals surface area (Å²) in [5, 5.41) is 10.8.